The number of aromatic nitrogens is 4. The SMILES string of the molecule is Cl.O=c1[nH]c(-c2cn[nH]c2Cl)nc(N2CCNCC(F)(F)C2)c1Cl. The molecule has 0 aromatic carbocycles. The van der Waals surface area contributed by atoms with Crippen LogP contribution in [0.25, 0.3) is 11.4 Å². The lowest BCUT2D eigenvalue weighted by molar-refractivity contribution is 0.0156. The van der Waals surface area contributed by atoms with Crippen molar-refractivity contribution in [2.24, 2.45) is 0 Å². The fraction of sp³-hybridized carbons (Fsp3) is 0.417. The number of nitrogens with one attached hydrogen (secondary N) is 3. The maximum atomic E-state index is 13.8. The molecule has 2 aromatic rings. The van der Waals surface area contributed by atoms with Crippen LogP contribution >= 0.6 is 35.6 Å². The first kappa shape index (κ1) is 18.9. The topological polar surface area (TPSA) is 89.7 Å². The molecule has 2 aromatic heterocycles. The number of H-pyrrole nitrogens is 2. The monoisotopic (exact) mass is 400 g/mol. The Labute approximate surface area is 151 Å². The van der Waals surface area contributed by atoms with Gasteiger partial charge >= 0.3 is 0 Å². The van der Waals surface area contributed by atoms with E-state index in [9.17, 15) is 13.6 Å². The Kier molecular flexibility index (Phi) is 5.69. The van der Waals surface area contributed by atoms with E-state index in [1.54, 1.807) is 0 Å². The summed E-state index contributed by atoms with van der Waals surface area (Å²) in [6.07, 6.45) is 1.37. The summed E-state index contributed by atoms with van der Waals surface area (Å²) >= 11 is 11.9. The van der Waals surface area contributed by atoms with Gasteiger partial charge in [-0.25, -0.2) is 13.8 Å². The van der Waals surface area contributed by atoms with Gasteiger partial charge in [0.1, 0.15) is 16.0 Å². The number of hydrogen-bond acceptors (Lipinski definition) is 5. The van der Waals surface area contributed by atoms with Crippen LogP contribution in [0.15, 0.2) is 11.0 Å². The van der Waals surface area contributed by atoms with E-state index in [1.165, 1.54) is 11.1 Å². The van der Waals surface area contributed by atoms with Crippen molar-refractivity contribution in [2.45, 2.75) is 5.92 Å². The minimum absolute atomic E-state index is 0. The van der Waals surface area contributed by atoms with Gasteiger partial charge in [-0.3, -0.25) is 9.89 Å². The lowest BCUT2D eigenvalue weighted by Gasteiger charge is -2.25. The van der Waals surface area contributed by atoms with Gasteiger partial charge in [0.15, 0.2) is 5.82 Å². The predicted octanol–water partition coefficient (Wildman–Crippen LogP) is 1.93. The second-order valence-electron chi connectivity index (χ2n) is 5.10. The van der Waals surface area contributed by atoms with E-state index >= 15 is 0 Å². The summed E-state index contributed by atoms with van der Waals surface area (Å²) < 4.78 is 27.5. The van der Waals surface area contributed by atoms with E-state index in [-0.39, 0.29) is 40.8 Å². The molecule has 0 bridgehead atoms. The second-order valence-corrected chi connectivity index (χ2v) is 5.86. The number of alkyl halides is 2. The van der Waals surface area contributed by atoms with Gasteiger partial charge in [-0.2, -0.15) is 5.10 Å². The van der Waals surface area contributed by atoms with E-state index in [0.29, 0.717) is 12.1 Å². The van der Waals surface area contributed by atoms with Gasteiger partial charge in [0, 0.05) is 13.1 Å². The van der Waals surface area contributed by atoms with E-state index < -0.39 is 24.6 Å². The fourth-order valence-electron chi connectivity index (χ4n) is 2.30. The summed E-state index contributed by atoms with van der Waals surface area (Å²) in [5.74, 6) is -2.86. The zero-order valence-corrected chi connectivity index (χ0v) is 14.4. The van der Waals surface area contributed by atoms with Crippen LogP contribution in [0.5, 0.6) is 0 Å². The molecule has 0 spiro atoms. The van der Waals surface area contributed by atoms with Gasteiger partial charge in [0.05, 0.1) is 24.8 Å². The molecule has 1 aliphatic rings. The Morgan fingerprint density at radius 2 is 2.08 bits per heavy atom. The molecule has 0 unspecified atom stereocenters. The molecule has 1 fully saturated rings. The molecule has 24 heavy (non-hydrogen) atoms. The van der Waals surface area contributed by atoms with E-state index in [4.69, 9.17) is 23.2 Å². The normalized spacial score (nSPS) is 17.2. The Morgan fingerprint density at radius 1 is 1.33 bits per heavy atom. The van der Waals surface area contributed by atoms with Crippen LogP contribution in [-0.4, -0.2) is 52.3 Å². The molecule has 0 atom stereocenters. The summed E-state index contributed by atoms with van der Waals surface area (Å²) in [5, 5.41) is 8.80. The van der Waals surface area contributed by atoms with Gasteiger partial charge in [0.2, 0.25) is 0 Å². The van der Waals surface area contributed by atoms with Crippen molar-refractivity contribution >= 4 is 41.4 Å². The van der Waals surface area contributed by atoms with E-state index in [0.717, 1.165) is 0 Å². The molecule has 3 N–H and O–H groups in total. The van der Waals surface area contributed by atoms with Gasteiger partial charge in [-0.05, 0) is 0 Å². The van der Waals surface area contributed by atoms with Crippen molar-refractivity contribution in [2.75, 3.05) is 31.1 Å². The van der Waals surface area contributed by atoms with Crippen LogP contribution in [-0.2, 0) is 0 Å². The summed E-state index contributed by atoms with van der Waals surface area (Å²) in [6, 6.07) is 0. The van der Waals surface area contributed by atoms with Crippen LogP contribution < -0.4 is 15.8 Å². The predicted molar refractivity (Wildman–Crippen MR) is 89.7 cm³/mol. The minimum atomic E-state index is -2.96. The second kappa shape index (κ2) is 7.22. The van der Waals surface area contributed by atoms with Gasteiger partial charge in [0.25, 0.3) is 11.5 Å². The quantitative estimate of drug-likeness (QED) is 0.715. The number of rotatable bonds is 2. The average Bonchev–Trinajstić information content (AvgIpc) is 2.82. The van der Waals surface area contributed by atoms with Crippen LogP contribution in [0.4, 0.5) is 14.6 Å². The van der Waals surface area contributed by atoms with Gasteiger partial charge in [-0.1, -0.05) is 23.2 Å². The maximum Gasteiger partial charge on any atom is 0.277 e. The summed E-state index contributed by atoms with van der Waals surface area (Å²) in [5.41, 5.74) is -0.286. The summed E-state index contributed by atoms with van der Waals surface area (Å²) in [7, 11) is 0. The molecule has 3 rings (SSSR count). The molecule has 1 aliphatic heterocycles. The first-order valence-corrected chi connectivity index (χ1v) is 7.45. The standard InChI is InChI=1S/C12H12Cl2F2N6O.ClH/c13-7-10(22-2-1-17-4-12(15,16)5-22)19-9(20-11(7)23)6-3-18-21-8(6)14;/h3,17H,1-2,4-5H2,(H,18,21)(H,19,20,23);1H. The number of aromatic amines is 2. The van der Waals surface area contributed by atoms with Crippen LogP contribution in [0.1, 0.15) is 0 Å². The molecule has 0 saturated carbocycles. The van der Waals surface area contributed by atoms with Gasteiger partial charge in [-0.15, -0.1) is 12.4 Å². The van der Waals surface area contributed by atoms with E-state index in [2.05, 4.69) is 25.5 Å². The number of halogens is 5. The molecule has 0 radical (unpaired) electrons. The highest BCUT2D eigenvalue weighted by atomic mass is 35.5. The molecule has 132 valence electrons. The average molecular weight is 402 g/mol. The third-order valence-corrected chi connectivity index (χ3v) is 3.99. The molecule has 0 amide bonds. The lowest BCUT2D eigenvalue weighted by Crippen LogP contribution is -2.39. The smallest absolute Gasteiger partial charge is 0.277 e. The van der Waals surface area contributed by atoms with Gasteiger partial charge < -0.3 is 15.2 Å². The van der Waals surface area contributed by atoms with Crippen molar-refractivity contribution in [1.29, 1.82) is 0 Å². The first-order valence-electron chi connectivity index (χ1n) is 6.70. The van der Waals surface area contributed by atoms with Crippen LogP contribution in [0, 0.1) is 0 Å². The fourth-order valence-corrected chi connectivity index (χ4v) is 2.70. The van der Waals surface area contributed by atoms with Crippen molar-refractivity contribution in [3.63, 3.8) is 0 Å². The van der Waals surface area contributed by atoms with Crippen LogP contribution in [0.3, 0.4) is 0 Å². The third kappa shape index (κ3) is 3.80. The van der Waals surface area contributed by atoms with Crippen molar-refractivity contribution in [3.8, 4) is 11.4 Å². The molecule has 1 saturated heterocycles. The highest BCUT2D eigenvalue weighted by Gasteiger charge is 2.35. The zero-order chi connectivity index (χ0) is 16.6. The zero-order valence-electron chi connectivity index (χ0n) is 12.1. The Morgan fingerprint density at radius 3 is 2.75 bits per heavy atom. The highest BCUT2D eigenvalue weighted by Crippen LogP contribution is 2.28. The Balaban J connectivity index is 0.00000208. The summed E-state index contributed by atoms with van der Waals surface area (Å²) in [4.78, 5) is 20.0. The van der Waals surface area contributed by atoms with E-state index in [1.807, 2.05) is 0 Å². The third-order valence-electron chi connectivity index (χ3n) is 3.36. The van der Waals surface area contributed by atoms with Crippen molar-refractivity contribution < 1.29 is 8.78 Å². The number of hydrogen-bond donors (Lipinski definition) is 3. The lowest BCUT2D eigenvalue weighted by atomic mass is 10.3. The maximum absolute atomic E-state index is 13.8. The Hall–Kier alpha value is -1.42. The van der Waals surface area contributed by atoms with Crippen molar-refractivity contribution in [3.05, 3.63) is 26.7 Å². The van der Waals surface area contributed by atoms with Crippen molar-refractivity contribution in [1.82, 2.24) is 25.5 Å². The number of anilines is 1. The molecular weight excluding hydrogens is 389 g/mol. The molecule has 3 heterocycles. The Bertz CT molecular complexity index is 780. The molecule has 0 aliphatic carbocycles. The first-order chi connectivity index (χ1) is 10.9. The highest BCUT2D eigenvalue weighted by molar-refractivity contribution is 6.33. The summed E-state index contributed by atoms with van der Waals surface area (Å²) in [6.45, 7) is -0.466. The number of nitrogens with zero attached hydrogens (tertiary/aromatic N) is 3. The molecular formula is C12H13Cl3F2N6O. The van der Waals surface area contributed by atoms with Crippen LogP contribution in [0.2, 0.25) is 10.2 Å². The minimum Gasteiger partial charge on any atom is -0.348 e. The molecule has 12 heteroatoms. The molecule has 7 nitrogen and oxygen atoms in total. The largest absolute Gasteiger partial charge is 0.348 e.